The molecular formula is C20H19FN4O2. The third-order valence-corrected chi connectivity index (χ3v) is 3.88. The van der Waals surface area contributed by atoms with Gasteiger partial charge in [0.2, 0.25) is 0 Å². The number of carbonyl (C=O) groups is 1. The highest BCUT2D eigenvalue weighted by Gasteiger charge is 2.08. The minimum absolute atomic E-state index is 0.198. The van der Waals surface area contributed by atoms with E-state index in [0.29, 0.717) is 24.5 Å². The van der Waals surface area contributed by atoms with E-state index in [0.717, 1.165) is 11.3 Å². The second kappa shape index (κ2) is 8.75. The van der Waals surface area contributed by atoms with Gasteiger partial charge in [-0.15, -0.1) is 0 Å². The highest BCUT2D eigenvalue weighted by Crippen LogP contribution is 2.17. The molecule has 0 saturated carbocycles. The van der Waals surface area contributed by atoms with Crippen molar-refractivity contribution in [1.82, 2.24) is 15.3 Å². The van der Waals surface area contributed by atoms with Crippen LogP contribution in [0, 0.1) is 5.82 Å². The minimum atomic E-state index is -0.389. The van der Waals surface area contributed by atoms with E-state index in [4.69, 9.17) is 4.74 Å². The molecule has 2 aromatic carbocycles. The molecule has 1 aromatic heterocycles. The van der Waals surface area contributed by atoms with E-state index in [9.17, 15) is 9.18 Å². The Kier molecular flexibility index (Phi) is 5.94. The summed E-state index contributed by atoms with van der Waals surface area (Å²) in [5, 5.41) is 5.62. The smallest absolute Gasteiger partial charge is 0.271 e. The summed E-state index contributed by atoms with van der Waals surface area (Å²) >= 11 is 0. The van der Waals surface area contributed by atoms with Crippen LogP contribution in [0.15, 0.2) is 60.9 Å². The van der Waals surface area contributed by atoms with Gasteiger partial charge in [-0.2, -0.15) is 0 Å². The molecule has 0 radical (unpaired) electrons. The van der Waals surface area contributed by atoms with Crippen LogP contribution in [0.4, 0.5) is 15.9 Å². The fourth-order valence-electron chi connectivity index (χ4n) is 2.41. The first-order valence-corrected chi connectivity index (χ1v) is 8.40. The first-order valence-electron chi connectivity index (χ1n) is 8.40. The number of halogens is 1. The molecule has 0 bridgehead atoms. The Morgan fingerprint density at radius 3 is 2.52 bits per heavy atom. The van der Waals surface area contributed by atoms with Crippen LogP contribution in [-0.2, 0) is 6.42 Å². The minimum Gasteiger partial charge on any atom is -0.497 e. The number of hydrogen-bond acceptors (Lipinski definition) is 5. The lowest BCUT2D eigenvalue weighted by molar-refractivity contribution is 0.0949. The van der Waals surface area contributed by atoms with Crippen molar-refractivity contribution >= 4 is 17.4 Å². The maximum atomic E-state index is 13.6. The summed E-state index contributed by atoms with van der Waals surface area (Å²) in [7, 11) is 1.62. The second-order valence-electron chi connectivity index (χ2n) is 5.75. The molecule has 0 saturated heterocycles. The number of nitrogens with zero attached hydrogens (tertiary/aromatic N) is 2. The predicted octanol–water partition coefficient (Wildman–Crippen LogP) is 3.34. The van der Waals surface area contributed by atoms with E-state index in [1.54, 1.807) is 25.3 Å². The Hall–Kier alpha value is -3.48. The Bertz CT molecular complexity index is 899. The van der Waals surface area contributed by atoms with E-state index >= 15 is 0 Å². The standard InChI is InChI=1S/C20H19FN4O2/c1-27-15-8-6-14(7-9-15)10-11-22-20(26)18-12-24-19(13-23-18)25-17-5-3-2-4-16(17)21/h2-9,12-13H,10-11H2,1H3,(H,22,26)(H,24,25). The average Bonchev–Trinajstić information content (AvgIpc) is 2.71. The van der Waals surface area contributed by atoms with Crippen molar-refractivity contribution in [2.45, 2.75) is 6.42 Å². The molecule has 1 amide bonds. The molecule has 0 atom stereocenters. The maximum absolute atomic E-state index is 13.6. The fourth-order valence-corrected chi connectivity index (χ4v) is 2.41. The molecule has 138 valence electrons. The summed E-state index contributed by atoms with van der Waals surface area (Å²) in [6.45, 7) is 0.474. The normalized spacial score (nSPS) is 10.3. The molecule has 2 N–H and O–H groups in total. The predicted molar refractivity (Wildman–Crippen MR) is 101 cm³/mol. The Morgan fingerprint density at radius 2 is 1.85 bits per heavy atom. The van der Waals surface area contributed by atoms with E-state index < -0.39 is 0 Å². The summed E-state index contributed by atoms with van der Waals surface area (Å²) in [6.07, 6.45) is 3.44. The number of anilines is 2. The number of amides is 1. The molecule has 3 rings (SSSR count). The quantitative estimate of drug-likeness (QED) is 0.671. The van der Waals surface area contributed by atoms with Crippen molar-refractivity contribution in [2.24, 2.45) is 0 Å². The van der Waals surface area contributed by atoms with Gasteiger partial charge in [0.15, 0.2) is 0 Å². The van der Waals surface area contributed by atoms with Gasteiger partial charge in [0.1, 0.15) is 23.1 Å². The summed E-state index contributed by atoms with van der Waals surface area (Å²) in [5.74, 6) is 0.449. The molecular weight excluding hydrogens is 347 g/mol. The molecule has 0 unspecified atom stereocenters. The number of ether oxygens (including phenoxy) is 1. The summed E-state index contributed by atoms with van der Waals surface area (Å²) < 4.78 is 18.7. The summed E-state index contributed by atoms with van der Waals surface area (Å²) in [6, 6.07) is 13.9. The molecule has 27 heavy (non-hydrogen) atoms. The highest BCUT2D eigenvalue weighted by molar-refractivity contribution is 5.92. The molecule has 3 aromatic rings. The van der Waals surface area contributed by atoms with Gasteiger partial charge in [0.25, 0.3) is 5.91 Å². The zero-order valence-corrected chi connectivity index (χ0v) is 14.8. The Morgan fingerprint density at radius 1 is 1.07 bits per heavy atom. The largest absolute Gasteiger partial charge is 0.497 e. The molecule has 6 nitrogen and oxygen atoms in total. The lowest BCUT2D eigenvalue weighted by atomic mass is 10.1. The van der Waals surface area contributed by atoms with Gasteiger partial charge in [-0.3, -0.25) is 4.79 Å². The van der Waals surface area contributed by atoms with Crippen molar-refractivity contribution in [3.05, 3.63) is 78.0 Å². The zero-order valence-electron chi connectivity index (χ0n) is 14.8. The number of methoxy groups -OCH3 is 1. The molecule has 0 fully saturated rings. The van der Waals surface area contributed by atoms with Crippen LogP contribution in [0.3, 0.4) is 0 Å². The van der Waals surface area contributed by atoms with Crippen LogP contribution in [-0.4, -0.2) is 29.5 Å². The van der Waals surface area contributed by atoms with Crippen molar-refractivity contribution in [3.63, 3.8) is 0 Å². The number of nitrogens with one attached hydrogen (secondary N) is 2. The molecule has 0 spiro atoms. The Balaban J connectivity index is 1.52. The average molecular weight is 366 g/mol. The van der Waals surface area contributed by atoms with Crippen molar-refractivity contribution in [2.75, 3.05) is 19.0 Å². The van der Waals surface area contributed by atoms with Crippen LogP contribution in [0.5, 0.6) is 5.75 Å². The summed E-state index contributed by atoms with van der Waals surface area (Å²) in [4.78, 5) is 20.3. The molecule has 7 heteroatoms. The lowest BCUT2D eigenvalue weighted by Crippen LogP contribution is -2.26. The fraction of sp³-hybridized carbons (Fsp3) is 0.150. The first kappa shape index (κ1) is 18.3. The number of para-hydroxylation sites is 1. The first-order chi connectivity index (χ1) is 13.2. The van der Waals surface area contributed by atoms with Crippen LogP contribution < -0.4 is 15.4 Å². The van der Waals surface area contributed by atoms with Crippen LogP contribution in [0.25, 0.3) is 0 Å². The number of rotatable bonds is 7. The topological polar surface area (TPSA) is 76.1 Å². The second-order valence-corrected chi connectivity index (χ2v) is 5.75. The van der Waals surface area contributed by atoms with Gasteiger partial charge >= 0.3 is 0 Å². The molecule has 0 aliphatic rings. The van der Waals surface area contributed by atoms with E-state index in [1.165, 1.54) is 18.5 Å². The molecule has 1 heterocycles. The molecule has 0 aliphatic carbocycles. The van der Waals surface area contributed by atoms with Crippen molar-refractivity contribution in [3.8, 4) is 5.75 Å². The third kappa shape index (κ3) is 5.01. The number of hydrogen-bond donors (Lipinski definition) is 2. The Labute approximate surface area is 156 Å². The van der Waals surface area contributed by atoms with Crippen molar-refractivity contribution < 1.29 is 13.9 Å². The van der Waals surface area contributed by atoms with E-state index in [2.05, 4.69) is 20.6 Å². The highest BCUT2D eigenvalue weighted by atomic mass is 19.1. The molecule has 0 aliphatic heterocycles. The van der Waals surface area contributed by atoms with Gasteiger partial charge in [-0.25, -0.2) is 14.4 Å². The summed E-state index contributed by atoms with van der Waals surface area (Å²) in [5.41, 5.74) is 1.58. The lowest BCUT2D eigenvalue weighted by Gasteiger charge is -2.08. The monoisotopic (exact) mass is 366 g/mol. The van der Waals surface area contributed by atoms with E-state index in [1.807, 2.05) is 24.3 Å². The van der Waals surface area contributed by atoms with Crippen LogP contribution >= 0.6 is 0 Å². The van der Waals surface area contributed by atoms with Gasteiger partial charge in [0, 0.05) is 6.54 Å². The van der Waals surface area contributed by atoms with Gasteiger partial charge < -0.3 is 15.4 Å². The zero-order chi connectivity index (χ0) is 19.1. The van der Waals surface area contributed by atoms with Gasteiger partial charge in [-0.1, -0.05) is 24.3 Å². The van der Waals surface area contributed by atoms with Crippen LogP contribution in [0.1, 0.15) is 16.1 Å². The van der Waals surface area contributed by atoms with E-state index in [-0.39, 0.29) is 17.4 Å². The number of aromatic nitrogens is 2. The van der Waals surface area contributed by atoms with Crippen molar-refractivity contribution in [1.29, 1.82) is 0 Å². The third-order valence-electron chi connectivity index (χ3n) is 3.88. The SMILES string of the molecule is COc1ccc(CCNC(=O)c2cnc(Nc3ccccc3F)cn2)cc1. The maximum Gasteiger partial charge on any atom is 0.271 e. The van der Waals surface area contributed by atoms with Gasteiger partial charge in [0.05, 0.1) is 25.2 Å². The van der Waals surface area contributed by atoms with Crippen LogP contribution in [0.2, 0.25) is 0 Å². The number of carbonyl (C=O) groups excluding carboxylic acids is 1. The van der Waals surface area contributed by atoms with Gasteiger partial charge in [-0.05, 0) is 36.2 Å². The number of benzene rings is 2.